The Morgan fingerprint density at radius 2 is 1.81 bits per heavy atom. The molecule has 1 aromatic carbocycles. The molecule has 21 heavy (non-hydrogen) atoms. The molecule has 0 fully saturated rings. The molecule has 9 heteroatoms. The smallest absolute Gasteiger partial charge is 0 e. The SMILES string of the molecule is CC.O=[C-]Cn1cncn1.Oc1ccccc1.[I][V][I].[Y]. The van der Waals surface area contributed by atoms with Crippen molar-refractivity contribution in [2.45, 2.75) is 20.4 Å². The van der Waals surface area contributed by atoms with Gasteiger partial charge >= 0.3 is 49.4 Å². The first kappa shape index (κ1) is 26.9. The largest absolute Gasteiger partial charge is 0 e. The Balaban J connectivity index is -0.000000230. The molecule has 114 valence electrons. The van der Waals surface area contributed by atoms with E-state index in [0.717, 1.165) is 0 Å². The third kappa shape index (κ3) is 21.0. The molecule has 0 atom stereocenters. The van der Waals surface area contributed by atoms with E-state index in [-0.39, 0.29) is 39.3 Å². The van der Waals surface area contributed by atoms with Gasteiger partial charge in [0, 0.05) is 32.7 Å². The Bertz CT molecular complexity index is 408. The van der Waals surface area contributed by atoms with Crippen LogP contribution in [0.3, 0.4) is 0 Å². The van der Waals surface area contributed by atoms with Crippen LogP contribution < -0.4 is 0 Å². The number of halogens is 2. The van der Waals surface area contributed by atoms with Gasteiger partial charge in [-0.1, -0.05) is 38.6 Å². The van der Waals surface area contributed by atoms with Crippen LogP contribution in [-0.4, -0.2) is 26.2 Å². The summed E-state index contributed by atoms with van der Waals surface area (Å²) in [6, 6.07) is 8.71. The minimum Gasteiger partial charge on any atom is 0 e. The molecule has 1 aromatic heterocycles. The van der Waals surface area contributed by atoms with Crippen LogP contribution >= 0.6 is 40.0 Å². The summed E-state index contributed by atoms with van der Waals surface area (Å²) in [5.74, 6) is 0.322. The number of nitrogens with zero attached hydrogens (tertiary/aromatic N) is 3. The van der Waals surface area contributed by atoms with E-state index in [9.17, 15) is 4.79 Å². The van der Waals surface area contributed by atoms with Gasteiger partial charge in [0.1, 0.15) is 18.4 Å². The van der Waals surface area contributed by atoms with Crippen molar-refractivity contribution < 1.29 is 52.1 Å². The van der Waals surface area contributed by atoms with E-state index < -0.39 is 0 Å². The van der Waals surface area contributed by atoms with Crippen LogP contribution in [0.1, 0.15) is 13.8 Å². The van der Waals surface area contributed by atoms with Gasteiger partial charge in [0.15, 0.2) is 0 Å². The fourth-order valence-electron chi connectivity index (χ4n) is 0.809. The van der Waals surface area contributed by atoms with Gasteiger partial charge in [-0.25, -0.2) is 11.3 Å². The second-order valence-corrected chi connectivity index (χ2v) is 14.4. The number of aromatic hydroxyl groups is 1. The summed E-state index contributed by atoms with van der Waals surface area (Å²) in [4.78, 5) is 13.3. The number of phenolic OH excluding ortho intramolecular Hbond substituents is 1. The Morgan fingerprint density at radius 1 is 1.29 bits per heavy atom. The second-order valence-electron chi connectivity index (χ2n) is 2.64. The van der Waals surface area contributed by atoms with Crippen LogP contribution in [0.2, 0.25) is 0 Å². The van der Waals surface area contributed by atoms with E-state index in [2.05, 4.69) is 50.0 Å². The Hall–Kier alpha value is 0.978. The van der Waals surface area contributed by atoms with Gasteiger partial charge < -0.3 is 9.90 Å². The molecular weight excluding hydrogens is 612 g/mol. The van der Waals surface area contributed by atoms with Crippen molar-refractivity contribution >= 4 is 46.2 Å². The number of para-hydroxylation sites is 1. The fourth-order valence-corrected chi connectivity index (χ4v) is 0.809. The molecule has 5 nitrogen and oxygen atoms in total. The quantitative estimate of drug-likeness (QED) is 0.409. The monoisotopic (exact) mass is 628 g/mol. The van der Waals surface area contributed by atoms with Crippen molar-refractivity contribution in [2.75, 3.05) is 0 Å². The molecule has 1 N–H and O–H groups in total. The number of rotatable bonds is 2. The third-order valence-corrected chi connectivity index (χ3v) is 1.45. The van der Waals surface area contributed by atoms with Crippen LogP contribution in [0.15, 0.2) is 43.0 Å². The number of hydrogen-bond donors (Lipinski definition) is 1. The van der Waals surface area contributed by atoms with E-state index in [1.165, 1.54) is 17.3 Å². The molecule has 0 aliphatic rings. The molecule has 0 unspecified atom stereocenters. The van der Waals surface area contributed by atoms with Crippen LogP contribution in [0.5, 0.6) is 5.75 Å². The summed E-state index contributed by atoms with van der Waals surface area (Å²) in [5.41, 5.74) is 0. The Labute approximate surface area is 179 Å². The fraction of sp³-hybridized carbons (Fsp3) is 0.250. The number of hydrogen-bond acceptors (Lipinski definition) is 4. The molecule has 2 rings (SSSR count). The van der Waals surface area contributed by atoms with Crippen molar-refractivity contribution in [2.24, 2.45) is 0 Å². The normalized spacial score (nSPS) is 7.24. The zero-order valence-electron chi connectivity index (χ0n) is 11.7. The Morgan fingerprint density at radius 3 is 2.10 bits per heavy atom. The minimum absolute atomic E-state index is 0. The molecule has 0 aliphatic carbocycles. The molecule has 0 saturated heterocycles. The zero-order valence-corrected chi connectivity index (χ0v) is 20.3. The van der Waals surface area contributed by atoms with Crippen molar-refractivity contribution in [3.63, 3.8) is 0 Å². The maximum atomic E-state index is 9.66. The molecule has 1 heterocycles. The molecule has 1 radical (unpaired) electrons. The molecule has 2 aromatic rings. The maximum Gasteiger partial charge on any atom is 0 e. The van der Waals surface area contributed by atoms with Gasteiger partial charge in [-0.05, 0) is 12.1 Å². The molecule has 0 saturated carbocycles. The summed E-state index contributed by atoms with van der Waals surface area (Å²) in [6.07, 6.45) is 4.52. The van der Waals surface area contributed by atoms with Crippen molar-refractivity contribution in [3.8, 4) is 5.75 Å². The average molecular weight is 628 g/mol. The van der Waals surface area contributed by atoms with Crippen molar-refractivity contribution in [1.29, 1.82) is 0 Å². The van der Waals surface area contributed by atoms with Gasteiger partial charge in [-0.2, -0.15) is 5.10 Å². The molecule has 0 spiro atoms. The topological polar surface area (TPSA) is 68.0 Å². The van der Waals surface area contributed by atoms with Crippen LogP contribution in [0.25, 0.3) is 0 Å². The molecular formula is C12H16I2N3O2VY-. The van der Waals surface area contributed by atoms with Gasteiger partial charge in [-0.3, -0.25) is 4.68 Å². The van der Waals surface area contributed by atoms with Gasteiger partial charge in [0.2, 0.25) is 0 Å². The number of carbonyl (C=O) groups excluding carboxylic acids is 1. The number of aromatic nitrogens is 3. The third-order valence-electron chi connectivity index (χ3n) is 1.45. The second kappa shape index (κ2) is 23.2. The summed E-state index contributed by atoms with van der Waals surface area (Å²) >= 11 is 4.74. The maximum absolute atomic E-state index is 9.66. The first-order valence-electron chi connectivity index (χ1n) is 5.58. The summed E-state index contributed by atoms with van der Waals surface area (Å²) in [7, 11) is 0.628. The van der Waals surface area contributed by atoms with Crippen LogP contribution in [-0.2, 0) is 53.5 Å². The summed E-state index contributed by atoms with van der Waals surface area (Å²) in [5, 5.41) is 12.3. The van der Waals surface area contributed by atoms with E-state index in [4.69, 9.17) is 5.11 Å². The molecule has 0 bridgehead atoms. The van der Waals surface area contributed by atoms with E-state index in [1.807, 2.05) is 19.9 Å². The standard InChI is InChI=1S/C6H6O.C4H4N3O.C2H6.2HI.V.Y/c7-6-4-2-1-3-5-6;8-2-1-7-4-5-3-6-7;1-2;;;;/h1-5,7H;3-4H,1H2;1-2H3;2*1H;;/q;-1;;;;+2;/p-2. The Kier molecular flexibility index (Phi) is 29.7. The first-order chi connectivity index (χ1) is 9.74. The average Bonchev–Trinajstić information content (AvgIpc) is 2.97. The number of benzene rings is 1. The van der Waals surface area contributed by atoms with Gasteiger partial charge in [0.05, 0.1) is 0 Å². The van der Waals surface area contributed by atoms with Gasteiger partial charge in [-0.15, -0.1) is 0 Å². The first-order valence-corrected chi connectivity index (χ1v) is 14.6. The molecule has 0 aliphatic heterocycles. The van der Waals surface area contributed by atoms with Crippen LogP contribution in [0.4, 0.5) is 0 Å². The number of phenols is 1. The zero-order chi connectivity index (χ0) is 15.6. The summed E-state index contributed by atoms with van der Waals surface area (Å²) in [6.45, 7) is 4.17. The van der Waals surface area contributed by atoms with Gasteiger partial charge in [0.25, 0.3) is 0 Å². The van der Waals surface area contributed by atoms with Crippen molar-refractivity contribution in [1.82, 2.24) is 14.8 Å². The summed E-state index contributed by atoms with van der Waals surface area (Å²) < 4.78 is 1.40. The van der Waals surface area contributed by atoms with E-state index in [0.29, 0.717) is 15.2 Å². The van der Waals surface area contributed by atoms with Crippen LogP contribution in [0, 0.1) is 0 Å². The van der Waals surface area contributed by atoms with E-state index in [1.54, 1.807) is 30.6 Å². The van der Waals surface area contributed by atoms with E-state index >= 15 is 0 Å². The molecule has 0 amide bonds. The predicted molar refractivity (Wildman–Crippen MR) is 93.2 cm³/mol. The predicted octanol–water partition coefficient (Wildman–Crippen LogP) is 3.57. The minimum atomic E-state index is 0. The van der Waals surface area contributed by atoms with Crippen molar-refractivity contribution in [3.05, 3.63) is 43.0 Å².